The summed E-state index contributed by atoms with van der Waals surface area (Å²) in [6, 6.07) is 1.69. The second-order valence-electron chi connectivity index (χ2n) is 14.9. The number of halogens is 1. The van der Waals surface area contributed by atoms with Gasteiger partial charge in [0.25, 0.3) is 5.91 Å². The van der Waals surface area contributed by atoms with Gasteiger partial charge in [-0.1, -0.05) is 63.1 Å². The zero-order chi connectivity index (χ0) is 33.5. The number of benzene rings is 1. The smallest absolute Gasteiger partial charge is 0.252 e. The van der Waals surface area contributed by atoms with Crippen molar-refractivity contribution in [3.05, 3.63) is 62.6 Å². The molecule has 8 nitrogen and oxygen atoms in total. The molecule has 5 N–H and O–H groups in total. The number of ketones is 1. The third kappa shape index (κ3) is 6.62. The van der Waals surface area contributed by atoms with E-state index in [2.05, 4.69) is 16.8 Å². The Labute approximate surface area is 284 Å². The van der Waals surface area contributed by atoms with E-state index in [0.717, 1.165) is 24.6 Å². The van der Waals surface area contributed by atoms with Gasteiger partial charge in [-0.2, -0.15) is 0 Å². The lowest BCUT2D eigenvalue weighted by atomic mass is 9.62. The molecule has 9 heteroatoms. The van der Waals surface area contributed by atoms with Crippen molar-refractivity contribution in [3.8, 4) is 5.75 Å². The van der Waals surface area contributed by atoms with Crippen LogP contribution in [-0.2, 0) is 22.5 Å². The third-order valence-corrected chi connectivity index (χ3v) is 11.7. The number of hydrogen-bond acceptors (Lipinski definition) is 7. The van der Waals surface area contributed by atoms with E-state index in [1.165, 1.54) is 70.6 Å². The minimum Gasteiger partial charge on any atom is -0.511 e. The Balaban J connectivity index is 0.000000498. The van der Waals surface area contributed by atoms with Gasteiger partial charge >= 0.3 is 0 Å². The molecule has 1 aromatic rings. The number of carbonyl (C=O) groups excluding carboxylic acids is 2. The van der Waals surface area contributed by atoms with Crippen molar-refractivity contribution >= 4 is 23.3 Å². The lowest BCUT2D eigenvalue weighted by molar-refractivity contribution is -0.114. The van der Waals surface area contributed by atoms with Crippen LogP contribution < -0.4 is 11.1 Å². The molecule has 0 bridgehead atoms. The quantitative estimate of drug-likeness (QED) is 0.234. The summed E-state index contributed by atoms with van der Waals surface area (Å²) in [7, 11) is 3.75. The highest BCUT2D eigenvalue weighted by molar-refractivity contribution is 6.33. The SMILES string of the molecule is C1CCC1.C=C1C(C(N)=O)=C(O)C[C@@H]2CC3Cc4c(Cl)c(CN(CC5CCCCC5)CC5CC5)cc(O)c4C(=O)C3=C3O[C@]132.CNC. The molecule has 7 aliphatic rings. The predicted octanol–water partition coefficient (Wildman–Crippen LogP) is 6.89. The second kappa shape index (κ2) is 14.0. The fourth-order valence-electron chi connectivity index (χ4n) is 8.40. The Hall–Kier alpha value is -2.81. The summed E-state index contributed by atoms with van der Waals surface area (Å²) >= 11 is 7.07. The molecule has 1 heterocycles. The maximum atomic E-state index is 13.9. The van der Waals surface area contributed by atoms with E-state index in [0.29, 0.717) is 52.8 Å². The number of phenolic OH excluding ortho intramolecular Hbond substituents is 1. The predicted molar refractivity (Wildman–Crippen MR) is 184 cm³/mol. The first-order valence-corrected chi connectivity index (χ1v) is 18.2. The first-order valence-electron chi connectivity index (χ1n) is 17.8. The number of allylic oxidation sites excluding steroid dienone is 2. The number of amides is 1. The van der Waals surface area contributed by atoms with Crippen LogP contribution in [0.3, 0.4) is 0 Å². The number of aliphatic hydroxyl groups is 1. The number of aromatic hydroxyl groups is 1. The molecule has 3 atom stereocenters. The maximum absolute atomic E-state index is 13.9. The monoisotopic (exact) mass is 665 g/mol. The maximum Gasteiger partial charge on any atom is 0.252 e. The molecular formula is C38H52ClN3O5. The second-order valence-corrected chi connectivity index (χ2v) is 15.3. The van der Waals surface area contributed by atoms with Crippen LogP contribution in [0.15, 0.2) is 40.9 Å². The lowest BCUT2D eigenvalue weighted by Crippen LogP contribution is -2.41. The van der Waals surface area contributed by atoms with Crippen molar-refractivity contribution in [2.24, 2.45) is 29.4 Å². The van der Waals surface area contributed by atoms with E-state index >= 15 is 0 Å². The summed E-state index contributed by atoms with van der Waals surface area (Å²) in [5.41, 5.74) is 7.24. The van der Waals surface area contributed by atoms with Crippen molar-refractivity contribution in [1.82, 2.24) is 10.2 Å². The molecule has 1 spiro atoms. The summed E-state index contributed by atoms with van der Waals surface area (Å²) in [4.78, 5) is 28.5. The Morgan fingerprint density at radius 3 is 2.21 bits per heavy atom. The molecule has 1 amide bonds. The number of nitrogens with one attached hydrogen (secondary N) is 1. The van der Waals surface area contributed by atoms with Gasteiger partial charge in [0.15, 0.2) is 17.1 Å². The number of hydrogen-bond donors (Lipinski definition) is 4. The molecule has 1 saturated heterocycles. The minimum absolute atomic E-state index is 0.00605. The van der Waals surface area contributed by atoms with Crippen molar-refractivity contribution in [2.75, 3.05) is 27.2 Å². The largest absolute Gasteiger partial charge is 0.511 e. The van der Waals surface area contributed by atoms with E-state index in [1.54, 1.807) is 6.07 Å². The standard InChI is InChI=1S/C32H37ClN2O5.C4H8.C2H7N/c1-16-25(31(34)39)24(37)12-21-9-19-10-22-27(29(38)26(19)30-32(16,21)40-30)23(36)11-20(28(22)33)15-35(14-18-7-8-18)13-17-5-3-2-4-6-17;1-2-4-3-1;1-3-2/h11,17-19,21,36-37H,1-10,12-15H2,(H2,34,39);1-4H2;3H,1-2H3/t19?,21-,32-;;/m0../s1. The van der Waals surface area contributed by atoms with Crippen LogP contribution in [0.25, 0.3) is 0 Å². The summed E-state index contributed by atoms with van der Waals surface area (Å²) in [5, 5.41) is 25.1. The fourth-order valence-corrected chi connectivity index (χ4v) is 8.68. The number of aliphatic hydroxyl groups excluding tert-OH is 1. The number of carbonyl (C=O) groups is 2. The van der Waals surface area contributed by atoms with Crippen LogP contribution in [0.5, 0.6) is 5.75 Å². The third-order valence-electron chi connectivity index (χ3n) is 11.3. The van der Waals surface area contributed by atoms with Crippen LogP contribution >= 0.6 is 11.6 Å². The van der Waals surface area contributed by atoms with E-state index in [4.69, 9.17) is 22.1 Å². The molecule has 8 rings (SSSR count). The van der Waals surface area contributed by atoms with Gasteiger partial charge in [-0.05, 0) is 87.6 Å². The number of primary amides is 1. The fraction of sp³-hybridized carbons (Fsp3) is 0.632. The number of nitrogens with zero attached hydrogens (tertiary/aromatic N) is 1. The van der Waals surface area contributed by atoms with E-state index in [9.17, 15) is 19.8 Å². The Kier molecular flexibility index (Phi) is 10.1. The van der Waals surface area contributed by atoms with Gasteiger partial charge in [0, 0.05) is 48.1 Å². The first kappa shape index (κ1) is 34.1. The highest BCUT2D eigenvalue weighted by Crippen LogP contribution is 2.66. The van der Waals surface area contributed by atoms with E-state index in [-0.39, 0.29) is 46.7 Å². The molecule has 0 aromatic heterocycles. The highest BCUT2D eigenvalue weighted by Gasteiger charge is 2.69. The molecule has 1 aliphatic heterocycles. The van der Waals surface area contributed by atoms with Crippen LogP contribution in [0, 0.1) is 23.7 Å². The topological polar surface area (TPSA) is 128 Å². The molecular weight excluding hydrogens is 614 g/mol. The molecule has 47 heavy (non-hydrogen) atoms. The summed E-state index contributed by atoms with van der Waals surface area (Å²) < 4.78 is 6.11. The van der Waals surface area contributed by atoms with Gasteiger partial charge < -0.3 is 26.0 Å². The van der Waals surface area contributed by atoms with Gasteiger partial charge in [-0.25, -0.2) is 0 Å². The van der Waals surface area contributed by atoms with Crippen LogP contribution in [0.2, 0.25) is 5.02 Å². The van der Waals surface area contributed by atoms with Gasteiger partial charge in [0.2, 0.25) is 0 Å². The number of phenols is 1. The van der Waals surface area contributed by atoms with Crippen LogP contribution in [0.1, 0.15) is 105 Å². The highest BCUT2D eigenvalue weighted by atomic mass is 35.5. The number of rotatable bonds is 7. The molecule has 4 fully saturated rings. The van der Waals surface area contributed by atoms with Crippen molar-refractivity contribution in [1.29, 1.82) is 0 Å². The van der Waals surface area contributed by atoms with E-state index < -0.39 is 11.5 Å². The Morgan fingerprint density at radius 1 is 1.04 bits per heavy atom. The van der Waals surface area contributed by atoms with Gasteiger partial charge in [0.05, 0.1) is 11.1 Å². The zero-order valence-corrected chi connectivity index (χ0v) is 28.9. The molecule has 6 aliphatic carbocycles. The van der Waals surface area contributed by atoms with Crippen molar-refractivity contribution < 1.29 is 24.5 Å². The molecule has 1 aromatic carbocycles. The average molecular weight is 666 g/mol. The normalized spacial score (nSPS) is 27.6. The number of nitrogens with two attached hydrogens (primary N) is 1. The first-order chi connectivity index (χ1) is 22.6. The van der Waals surface area contributed by atoms with Crippen LogP contribution in [0.4, 0.5) is 0 Å². The number of epoxide rings is 1. The van der Waals surface area contributed by atoms with Crippen molar-refractivity contribution in [2.45, 2.75) is 102 Å². The minimum atomic E-state index is -0.975. The molecule has 3 saturated carbocycles. The van der Waals surface area contributed by atoms with Gasteiger partial charge in [-0.15, -0.1) is 0 Å². The summed E-state index contributed by atoms with van der Waals surface area (Å²) in [6.45, 7) is 6.82. The Morgan fingerprint density at radius 2 is 1.64 bits per heavy atom. The average Bonchev–Trinajstić information content (AvgIpc) is 3.91. The summed E-state index contributed by atoms with van der Waals surface area (Å²) in [5.74, 6) is 0.523. The van der Waals surface area contributed by atoms with Gasteiger partial charge in [-0.3, -0.25) is 14.5 Å². The number of Topliss-reactive ketones (excluding diaryl/α,β-unsaturated/α-hetero) is 1. The van der Waals surface area contributed by atoms with Gasteiger partial charge in [0.1, 0.15) is 11.5 Å². The number of fused-ring (bicyclic) bond motifs is 2. The van der Waals surface area contributed by atoms with Crippen molar-refractivity contribution in [3.63, 3.8) is 0 Å². The Bertz CT molecular complexity index is 1480. The van der Waals surface area contributed by atoms with Crippen LogP contribution in [-0.4, -0.2) is 59.6 Å². The van der Waals surface area contributed by atoms with E-state index in [1.807, 2.05) is 14.1 Å². The number of ether oxygens (including phenoxy) is 1. The molecule has 256 valence electrons. The molecule has 0 radical (unpaired) electrons. The molecule has 1 unspecified atom stereocenters. The lowest BCUT2D eigenvalue weighted by Gasteiger charge is -2.38. The zero-order valence-electron chi connectivity index (χ0n) is 28.1. The summed E-state index contributed by atoms with van der Waals surface area (Å²) in [6.07, 6.45) is 16.4.